The predicted molar refractivity (Wildman–Crippen MR) is 86.7 cm³/mol. The minimum Gasteiger partial charge on any atom is -0.330 e. The number of nitrogens with zero attached hydrogens (tertiary/aromatic N) is 1. The molecule has 1 atom stereocenters. The topological polar surface area (TPSA) is 69.6 Å². The molecule has 1 aromatic carbocycles. The van der Waals surface area contributed by atoms with Gasteiger partial charge in [-0.1, -0.05) is 29.3 Å². The van der Waals surface area contributed by atoms with Crippen molar-refractivity contribution in [3.05, 3.63) is 33.8 Å². The number of amides is 2. The maximum absolute atomic E-state index is 13.1. The number of likely N-dealkylation sites (tertiary alicyclic amines) is 1. The minimum atomic E-state index is -0.660. The minimum absolute atomic E-state index is 0.0879. The Morgan fingerprint density at radius 3 is 2.61 bits per heavy atom. The number of nitrogens with one attached hydrogen (secondary N) is 1. The molecule has 1 aliphatic carbocycles. The summed E-state index contributed by atoms with van der Waals surface area (Å²) in [7, 11) is 0. The molecule has 3 rings (SSSR count). The number of rotatable bonds is 3. The number of benzene rings is 1. The zero-order valence-corrected chi connectivity index (χ0v) is 14.0. The van der Waals surface area contributed by atoms with Crippen LogP contribution in [0.3, 0.4) is 0 Å². The molecule has 1 aliphatic heterocycles. The molecule has 124 valence electrons. The molecule has 2 N–H and O–H groups in total. The third-order valence-electron chi connectivity index (χ3n) is 4.78. The van der Waals surface area contributed by atoms with Gasteiger partial charge < -0.3 is 4.90 Å². The summed E-state index contributed by atoms with van der Waals surface area (Å²) in [5, 5.41) is 9.92. The van der Waals surface area contributed by atoms with E-state index in [1.54, 1.807) is 28.6 Å². The van der Waals surface area contributed by atoms with Gasteiger partial charge in [-0.25, -0.2) is 5.48 Å². The first-order valence-electron chi connectivity index (χ1n) is 7.70. The Kier molecular flexibility index (Phi) is 4.54. The van der Waals surface area contributed by atoms with Crippen molar-refractivity contribution in [2.75, 3.05) is 6.54 Å². The molecule has 1 aromatic rings. The number of hydrogen-bond acceptors (Lipinski definition) is 3. The molecular weight excluding hydrogens is 339 g/mol. The van der Waals surface area contributed by atoms with Crippen molar-refractivity contribution >= 4 is 35.0 Å². The van der Waals surface area contributed by atoms with Gasteiger partial charge in [0.1, 0.15) is 6.04 Å². The summed E-state index contributed by atoms with van der Waals surface area (Å²) in [6, 6.07) is 4.54. The van der Waals surface area contributed by atoms with Gasteiger partial charge in [0.2, 0.25) is 5.91 Å². The summed E-state index contributed by atoms with van der Waals surface area (Å²) in [6.45, 7) is 0.518. The van der Waals surface area contributed by atoms with Crippen molar-refractivity contribution in [2.24, 2.45) is 0 Å². The monoisotopic (exact) mass is 356 g/mol. The fraction of sp³-hybridized carbons (Fsp3) is 0.500. The van der Waals surface area contributed by atoms with Gasteiger partial charge in [-0.3, -0.25) is 14.8 Å². The number of hydrogen-bond donors (Lipinski definition) is 2. The van der Waals surface area contributed by atoms with Crippen LogP contribution in [0.1, 0.15) is 37.7 Å². The van der Waals surface area contributed by atoms with Crippen LogP contribution in [-0.2, 0) is 15.0 Å². The van der Waals surface area contributed by atoms with Crippen LogP contribution in [0.25, 0.3) is 0 Å². The Morgan fingerprint density at radius 1 is 1.26 bits per heavy atom. The number of carbonyl (C=O) groups is 2. The summed E-state index contributed by atoms with van der Waals surface area (Å²) in [6.07, 6.45) is 3.68. The standard InChI is InChI=1S/C16H18Cl2N2O3/c17-10-4-5-11(12(18)9-10)16(6-7-16)15(22)20-8-2-1-3-13(20)14(21)19-23/h4-5,9,13,23H,1-3,6-8H2,(H,19,21). The van der Waals surface area contributed by atoms with Crippen LogP contribution in [0, 0.1) is 0 Å². The van der Waals surface area contributed by atoms with Crippen molar-refractivity contribution in [3.63, 3.8) is 0 Å². The van der Waals surface area contributed by atoms with Crippen LogP contribution in [0.2, 0.25) is 10.0 Å². The molecule has 7 heteroatoms. The maximum Gasteiger partial charge on any atom is 0.266 e. The highest BCUT2D eigenvalue weighted by Gasteiger charge is 2.55. The summed E-state index contributed by atoms with van der Waals surface area (Å²) in [5.74, 6) is -0.619. The number of carbonyl (C=O) groups excluding carboxylic acids is 2. The lowest BCUT2D eigenvalue weighted by Gasteiger charge is -2.37. The highest BCUT2D eigenvalue weighted by molar-refractivity contribution is 6.35. The molecule has 0 spiro atoms. The van der Waals surface area contributed by atoms with E-state index in [2.05, 4.69) is 0 Å². The van der Waals surface area contributed by atoms with Crippen molar-refractivity contribution in [3.8, 4) is 0 Å². The zero-order chi connectivity index (χ0) is 16.6. The Hall–Kier alpha value is -1.30. The van der Waals surface area contributed by atoms with Crippen LogP contribution in [-0.4, -0.2) is 34.5 Å². The van der Waals surface area contributed by atoms with Crippen LogP contribution in [0.5, 0.6) is 0 Å². The Morgan fingerprint density at radius 2 is 2.00 bits per heavy atom. The Bertz CT molecular complexity index is 646. The van der Waals surface area contributed by atoms with Crippen molar-refractivity contribution in [2.45, 2.75) is 43.6 Å². The predicted octanol–water partition coefficient (Wildman–Crippen LogP) is 2.91. The van der Waals surface area contributed by atoms with Crippen LogP contribution >= 0.6 is 23.2 Å². The molecule has 2 fully saturated rings. The molecule has 1 heterocycles. The first kappa shape index (κ1) is 16.6. The van der Waals surface area contributed by atoms with E-state index in [0.29, 0.717) is 35.9 Å². The molecule has 0 aromatic heterocycles. The third-order valence-corrected chi connectivity index (χ3v) is 5.33. The smallest absolute Gasteiger partial charge is 0.266 e. The van der Waals surface area contributed by atoms with Crippen LogP contribution < -0.4 is 5.48 Å². The fourth-order valence-corrected chi connectivity index (χ4v) is 3.99. The summed E-state index contributed by atoms with van der Waals surface area (Å²) < 4.78 is 0. The molecule has 1 unspecified atom stereocenters. The van der Waals surface area contributed by atoms with Gasteiger partial charge in [0.15, 0.2) is 0 Å². The Balaban J connectivity index is 1.90. The van der Waals surface area contributed by atoms with Crippen LogP contribution in [0.4, 0.5) is 0 Å². The molecule has 5 nitrogen and oxygen atoms in total. The molecular formula is C16H18Cl2N2O3. The highest BCUT2D eigenvalue weighted by atomic mass is 35.5. The SMILES string of the molecule is O=C(NO)C1CCCCN1C(=O)C1(c2ccc(Cl)cc2Cl)CC1. The average molecular weight is 357 g/mol. The number of hydroxylamine groups is 1. The third kappa shape index (κ3) is 2.93. The molecule has 1 saturated heterocycles. The van der Waals surface area contributed by atoms with Gasteiger partial charge in [0.25, 0.3) is 5.91 Å². The number of piperidine rings is 1. The number of halogens is 2. The van der Waals surface area contributed by atoms with E-state index in [0.717, 1.165) is 18.4 Å². The van der Waals surface area contributed by atoms with E-state index in [1.807, 2.05) is 0 Å². The quantitative estimate of drug-likeness (QED) is 0.646. The Labute approximate surface area is 144 Å². The average Bonchev–Trinajstić information content (AvgIpc) is 3.35. The van der Waals surface area contributed by atoms with Gasteiger partial charge in [-0.2, -0.15) is 0 Å². The summed E-state index contributed by atoms with van der Waals surface area (Å²) in [4.78, 5) is 26.6. The fourth-order valence-electron chi connectivity index (χ4n) is 3.40. The molecule has 2 amide bonds. The second kappa shape index (κ2) is 6.30. The van der Waals surface area contributed by atoms with Gasteiger partial charge >= 0.3 is 0 Å². The lowest BCUT2D eigenvalue weighted by atomic mass is 9.91. The van der Waals surface area contributed by atoms with E-state index in [9.17, 15) is 9.59 Å². The lowest BCUT2D eigenvalue weighted by Crippen LogP contribution is -2.54. The van der Waals surface area contributed by atoms with Crippen molar-refractivity contribution < 1.29 is 14.8 Å². The van der Waals surface area contributed by atoms with E-state index in [1.165, 1.54) is 0 Å². The summed E-state index contributed by atoms with van der Waals surface area (Å²) >= 11 is 12.2. The second-order valence-corrected chi connectivity index (χ2v) is 7.04. The van der Waals surface area contributed by atoms with Gasteiger partial charge in [0.05, 0.1) is 5.41 Å². The van der Waals surface area contributed by atoms with E-state index >= 15 is 0 Å². The van der Waals surface area contributed by atoms with E-state index in [-0.39, 0.29) is 5.91 Å². The molecule has 2 aliphatic rings. The van der Waals surface area contributed by atoms with E-state index in [4.69, 9.17) is 28.4 Å². The lowest BCUT2D eigenvalue weighted by molar-refractivity contribution is -0.147. The summed E-state index contributed by atoms with van der Waals surface area (Å²) in [5.41, 5.74) is 1.78. The van der Waals surface area contributed by atoms with Crippen molar-refractivity contribution in [1.29, 1.82) is 0 Å². The highest BCUT2D eigenvalue weighted by Crippen LogP contribution is 2.52. The van der Waals surface area contributed by atoms with Gasteiger partial charge in [-0.05, 0) is 49.8 Å². The molecule has 1 saturated carbocycles. The normalized spacial score (nSPS) is 22.6. The molecule has 0 bridgehead atoms. The molecule has 23 heavy (non-hydrogen) atoms. The first-order chi connectivity index (χ1) is 11.0. The van der Waals surface area contributed by atoms with Crippen LogP contribution in [0.15, 0.2) is 18.2 Å². The maximum atomic E-state index is 13.1. The van der Waals surface area contributed by atoms with Gasteiger partial charge in [0, 0.05) is 16.6 Å². The van der Waals surface area contributed by atoms with Crippen molar-refractivity contribution in [1.82, 2.24) is 10.4 Å². The zero-order valence-electron chi connectivity index (χ0n) is 12.5. The van der Waals surface area contributed by atoms with Gasteiger partial charge in [-0.15, -0.1) is 0 Å². The largest absolute Gasteiger partial charge is 0.330 e. The molecule has 0 radical (unpaired) electrons. The second-order valence-electron chi connectivity index (χ2n) is 6.19. The first-order valence-corrected chi connectivity index (χ1v) is 8.46. The van der Waals surface area contributed by atoms with E-state index < -0.39 is 17.4 Å².